The molecule has 0 unspecified atom stereocenters. The van der Waals surface area contributed by atoms with Gasteiger partial charge in [-0.25, -0.2) is 0 Å². The van der Waals surface area contributed by atoms with Crippen LogP contribution >= 0.6 is 12.4 Å². The first kappa shape index (κ1) is 14.4. The second-order valence-corrected chi connectivity index (χ2v) is 4.68. The molecule has 0 amide bonds. The predicted molar refractivity (Wildman–Crippen MR) is 87.3 cm³/mol. The molecule has 102 valence electrons. The van der Waals surface area contributed by atoms with E-state index < -0.39 is 0 Å². The first-order valence-corrected chi connectivity index (χ1v) is 6.50. The second-order valence-electron chi connectivity index (χ2n) is 4.68. The smallest absolute Gasteiger partial charge is 0.0426 e. The van der Waals surface area contributed by atoms with Gasteiger partial charge < -0.3 is 5.73 Å². The number of hydrogen-bond donors (Lipinski definition) is 1. The molecule has 2 aromatic carbocycles. The molecule has 0 fully saturated rings. The number of pyridine rings is 1. The number of aryl methyl sites for hydroxylation is 2. The normalized spacial score (nSPS) is 10.2. The highest BCUT2D eigenvalue weighted by Crippen LogP contribution is 2.25. The molecule has 1 aromatic heterocycles. The fourth-order valence-corrected chi connectivity index (χ4v) is 2.37. The topological polar surface area (TPSA) is 38.9 Å². The third kappa shape index (κ3) is 2.91. The van der Waals surface area contributed by atoms with Crippen LogP contribution in [-0.4, -0.2) is 4.98 Å². The van der Waals surface area contributed by atoms with Crippen LogP contribution < -0.4 is 5.73 Å². The maximum absolute atomic E-state index is 6.26. The summed E-state index contributed by atoms with van der Waals surface area (Å²) in [7, 11) is 0. The van der Waals surface area contributed by atoms with E-state index in [2.05, 4.69) is 35.3 Å². The van der Waals surface area contributed by atoms with Gasteiger partial charge in [-0.15, -0.1) is 12.4 Å². The van der Waals surface area contributed by atoms with Crippen LogP contribution in [0.4, 0.5) is 5.69 Å². The number of nitrogens with zero attached hydrogens (tertiary/aromatic N) is 1. The monoisotopic (exact) mass is 284 g/mol. The Hall–Kier alpha value is -2.06. The van der Waals surface area contributed by atoms with Gasteiger partial charge in [0.05, 0.1) is 0 Å². The van der Waals surface area contributed by atoms with Gasteiger partial charge in [-0.05, 0) is 35.9 Å². The lowest BCUT2D eigenvalue weighted by atomic mass is 10.0. The van der Waals surface area contributed by atoms with Crippen molar-refractivity contribution in [1.82, 2.24) is 4.98 Å². The highest BCUT2D eigenvalue weighted by molar-refractivity contribution is 5.94. The molecule has 2 nitrogen and oxygen atoms in total. The Labute approximate surface area is 125 Å². The lowest BCUT2D eigenvalue weighted by Gasteiger charge is -2.09. The summed E-state index contributed by atoms with van der Waals surface area (Å²) in [5.41, 5.74) is 9.46. The molecule has 2 N–H and O–H groups in total. The average molecular weight is 285 g/mol. The highest BCUT2D eigenvalue weighted by atomic mass is 35.5. The van der Waals surface area contributed by atoms with E-state index in [0.29, 0.717) is 0 Å². The third-order valence-corrected chi connectivity index (χ3v) is 3.44. The van der Waals surface area contributed by atoms with Crippen LogP contribution in [0.1, 0.15) is 11.3 Å². The number of nitrogens with two attached hydrogens (primary N) is 1. The van der Waals surface area contributed by atoms with Crippen LogP contribution in [0.3, 0.4) is 0 Å². The summed E-state index contributed by atoms with van der Waals surface area (Å²) in [6.07, 6.45) is 3.68. The van der Waals surface area contributed by atoms with Gasteiger partial charge >= 0.3 is 0 Å². The largest absolute Gasteiger partial charge is 0.398 e. The third-order valence-electron chi connectivity index (χ3n) is 3.44. The zero-order valence-electron chi connectivity index (χ0n) is 11.1. The molecule has 0 saturated carbocycles. The molecule has 0 atom stereocenters. The zero-order valence-corrected chi connectivity index (χ0v) is 11.9. The van der Waals surface area contributed by atoms with Crippen molar-refractivity contribution in [2.24, 2.45) is 0 Å². The maximum Gasteiger partial charge on any atom is 0.0426 e. The first-order valence-electron chi connectivity index (χ1n) is 6.50. The van der Waals surface area contributed by atoms with Gasteiger partial charge in [0.25, 0.3) is 0 Å². The summed E-state index contributed by atoms with van der Waals surface area (Å²) in [5, 5.41) is 2.34. The standard InChI is InChI=1S/C17H16N2.ClH/c18-17-14(10-11-15-6-3-4-12-19-15)9-8-13-5-1-2-7-16(13)17;/h1-9,12H,10-11,18H2;1H. The van der Waals surface area contributed by atoms with Gasteiger partial charge in [0, 0.05) is 23.0 Å². The Morgan fingerprint density at radius 3 is 2.45 bits per heavy atom. The Kier molecular flexibility index (Phi) is 4.59. The van der Waals surface area contributed by atoms with Crippen LogP contribution in [0.25, 0.3) is 10.8 Å². The number of nitrogen functional groups attached to an aromatic ring is 1. The molecule has 3 rings (SSSR count). The van der Waals surface area contributed by atoms with Gasteiger partial charge in [0.15, 0.2) is 0 Å². The number of aromatic nitrogens is 1. The first-order chi connectivity index (χ1) is 9.34. The second kappa shape index (κ2) is 6.40. The molecule has 0 aliphatic heterocycles. The maximum atomic E-state index is 6.26. The number of hydrogen-bond acceptors (Lipinski definition) is 2. The van der Waals surface area contributed by atoms with Gasteiger partial charge in [-0.2, -0.15) is 0 Å². The van der Waals surface area contributed by atoms with E-state index in [-0.39, 0.29) is 12.4 Å². The van der Waals surface area contributed by atoms with Crippen molar-refractivity contribution in [3.8, 4) is 0 Å². The van der Waals surface area contributed by atoms with E-state index in [1.807, 2.05) is 30.5 Å². The highest BCUT2D eigenvalue weighted by Gasteiger charge is 2.04. The van der Waals surface area contributed by atoms with E-state index in [1.54, 1.807) is 0 Å². The summed E-state index contributed by atoms with van der Waals surface area (Å²) in [5.74, 6) is 0. The molecule has 3 heteroatoms. The number of fused-ring (bicyclic) bond motifs is 1. The van der Waals surface area contributed by atoms with E-state index in [1.165, 1.54) is 10.9 Å². The average Bonchev–Trinajstić information content (AvgIpc) is 2.48. The van der Waals surface area contributed by atoms with E-state index in [4.69, 9.17) is 5.73 Å². The number of rotatable bonds is 3. The number of benzene rings is 2. The molecule has 0 spiro atoms. The summed E-state index contributed by atoms with van der Waals surface area (Å²) in [4.78, 5) is 4.34. The lowest BCUT2D eigenvalue weighted by Crippen LogP contribution is -1.99. The van der Waals surface area contributed by atoms with Crippen LogP contribution in [0, 0.1) is 0 Å². The van der Waals surface area contributed by atoms with Crippen molar-refractivity contribution in [2.45, 2.75) is 12.8 Å². The van der Waals surface area contributed by atoms with Gasteiger partial charge in [0.1, 0.15) is 0 Å². The van der Waals surface area contributed by atoms with Crippen molar-refractivity contribution >= 4 is 28.9 Å². The SMILES string of the molecule is Cl.Nc1c(CCc2ccccn2)ccc2ccccc12. The van der Waals surface area contributed by atoms with Crippen LogP contribution in [-0.2, 0) is 12.8 Å². The van der Waals surface area contributed by atoms with Crippen LogP contribution in [0.15, 0.2) is 60.8 Å². The lowest BCUT2D eigenvalue weighted by molar-refractivity contribution is 0.917. The Balaban J connectivity index is 0.00000147. The van der Waals surface area contributed by atoms with Gasteiger partial charge in [-0.3, -0.25) is 4.98 Å². The minimum Gasteiger partial charge on any atom is -0.398 e. The van der Waals surface area contributed by atoms with Crippen molar-refractivity contribution in [3.05, 3.63) is 72.1 Å². The molecule has 0 bridgehead atoms. The fourth-order valence-electron chi connectivity index (χ4n) is 2.37. The Morgan fingerprint density at radius 2 is 1.65 bits per heavy atom. The summed E-state index contributed by atoms with van der Waals surface area (Å²) >= 11 is 0. The molecule has 3 aromatic rings. The minimum atomic E-state index is 0. The zero-order chi connectivity index (χ0) is 13.1. The van der Waals surface area contributed by atoms with Crippen LogP contribution in [0.5, 0.6) is 0 Å². The summed E-state index contributed by atoms with van der Waals surface area (Å²) in [6.45, 7) is 0. The predicted octanol–water partition coefficient (Wildman–Crippen LogP) is 4.02. The molecule has 0 aliphatic rings. The number of halogens is 1. The van der Waals surface area contributed by atoms with Crippen molar-refractivity contribution in [1.29, 1.82) is 0 Å². The number of anilines is 1. The van der Waals surface area contributed by atoms with Crippen molar-refractivity contribution < 1.29 is 0 Å². The summed E-state index contributed by atoms with van der Waals surface area (Å²) < 4.78 is 0. The van der Waals surface area contributed by atoms with E-state index in [0.717, 1.165) is 29.6 Å². The molecular formula is C17H17ClN2. The minimum absolute atomic E-state index is 0. The van der Waals surface area contributed by atoms with Gasteiger partial charge in [0.2, 0.25) is 0 Å². The molecule has 0 aliphatic carbocycles. The molecule has 0 radical (unpaired) electrons. The van der Waals surface area contributed by atoms with E-state index >= 15 is 0 Å². The molecular weight excluding hydrogens is 268 g/mol. The van der Waals surface area contributed by atoms with Gasteiger partial charge in [-0.1, -0.05) is 42.5 Å². The Morgan fingerprint density at radius 1 is 0.850 bits per heavy atom. The van der Waals surface area contributed by atoms with E-state index in [9.17, 15) is 0 Å². The molecule has 0 saturated heterocycles. The summed E-state index contributed by atoms with van der Waals surface area (Å²) in [6, 6.07) is 18.5. The molecule has 1 heterocycles. The van der Waals surface area contributed by atoms with Crippen molar-refractivity contribution in [3.63, 3.8) is 0 Å². The quantitative estimate of drug-likeness (QED) is 0.738. The fraction of sp³-hybridized carbons (Fsp3) is 0.118. The molecule has 20 heavy (non-hydrogen) atoms. The van der Waals surface area contributed by atoms with Crippen molar-refractivity contribution in [2.75, 3.05) is 5.73 Å². The van der Waals surface area contributed by atoms with Crippen LogP contribution in [0.2, 0.25) is 0 Å². The Bertz CT molecular complexity index is 696.